The predicted octanol–water partition coefficient (Wildman–Crippen LogP) is 6.40. The zero-order valence-electron chi connectivity index (χ0n) is 25.4. The van der Waals surface area contributed by atoms with E-state index in [1.807, 2.05) is 82.3 Å². The van der Waals surface area contributed by atoms with Crippen LogP contribution in [0.15, 0.2) is 114 Å². The van der Waals surface area contributed by atoms with Crippen LogP contribution in [0.2, 0.25) is 5.02 Å². The summed E-state index contributed by atoms with van der Waals surface area (Å²) in [5.74, 6) is -0.847. The van der Waals surface area contributed by atoms with Gasteiger partial charge in [-0.15, -0.1) is 0 Å². The average molecular weight is 632 g/mol. The Hall–Kier alpha value is -4.14. The zero-order valence-corrected chi connectivity index (χ0v) is 27.0. The molecule has 2 amide bonds. The van der Waals surface area contributed by atoms with E-state index in [9.17, 15) is 18.0 Å². The van der Waals surface area contributed by atoms with Crippen molar-refractivity contribution < 1.29 is 18.0 Å². The van der Waals surface area contributed by atoms with E-state index < -0.39 is 34.1 Å². The first-order chi connectivity index (χ1) is 20.8. The van der Waals surface area contributed by atoms with Gasteiger partial charge in [-0.2, -0.15) is 0 Å². The minimum Gasteiger partial charge on any atom is -0.350 e. The van der Waals surface area contributed by atoms with E-state index in [2.05, 4.69) is 5.32 Å². The lowest BCUT2D eigenvalue weighted by Gasteiger charge is -2.35. The van der Waals surface area contributed by atoms with Gasteiger partial charge in [0.1, 0.15) is 12.6 Å². The summed E-state index contributed by atoms with van der Waals surface area (Å²) < 4.78 is 29.1. The number of aryl methyl sites for hydroxylation is 1. The Bertz CT molecular complexity index is 1670. The molecule has 0 fully saturated rings. The topological polar surface area (TPSA) is 86.8 Å². The number of benzene rings is 4. The molecule has 0 radical (unpaired) electrons. The Kier molecular flexibility index (Phi) is 10.5. The number of sulfonamides is 1. The number of carbonyl (C=O) groups excluding carboxylic acids is 2. The van der Waals surface area contributed by atoms with Crippen molar-refractivity contribution >= 4 is 39.1 Å². The third-order valence-corrected chi connectivity index (χ3v) is 9.14. The third-order valence-electron chi connectivity index (χ3n) is 7.10. The molecule has 4 rings (SSSR count). The molecular formula is C35H38ClN3O4S. The van der Waals surface area contributed by atoms with E-state index in [4.69, 9.17) is 11.6 Å². The Morgan fingerprint density at radius 1 is 0.818 bits per heavy atom. The van der Waals surface area contributed by atoms with Crippen LogP contribution in [-0.2, 0) is 32.6 Å². The molecule has 0 saturated carbocycles. The molecule has 7 nitrogen and oxygen atoms in total. The Morgan fingerprint density at radius 3 is 1.98 bits per heavy atom. The Balaban J connectivity index is 1.82. The normalized spacial score (nSPS) is 12.3. The molecule has 0 unspecified atom stereocenters. The van der Waals surface area contributed by atoms with Crippen LogP contribution < -0.4 is 9.62 Å². The highest BCUT2D eigenvalue weighted by Gasteiger charge is 2.35. The molecule has 0 bridgehead atoms. The minimum absolute atomic E-state index is 0.0412. The molecule has 0 aliphatic carbocycles. The number of rotatable bonds is 11. The number of hydrogen-bond donors (Lipinski definition) is 1. The van der Waals surface area contributed by atoms with Crippen LogP contribution in [0.3, 0.4) is 0 Å². The van der Waals surface area contributed by atoms with Gasteiger partial charge < -0.3 is 10.2 Å². The maximum absolute atomic E-state index is 14.5. The first-order valence-corrected chi connectivity index (χ1v) is 16.2. The lowest BCUT2D eigenvalue weighted by Crippen LogP contribution is -2.56. The number of anilines is 1. The molecule has 9 heteroatoms. The second-order valence-electron chi connectivity index (χ2n) is 11.7. The van der Waals surface area contributed by atoms with Crippen molar-refractivity contribution in [1.29, 1.82) is 0 Å². The molecule has 4 aromatic carbocycles. The van der Waals surface area contributed by atoms with Gasteiger partial charge >= 0.3 is 0 Å². The lowest BCUT2D eigenvalue weighted by atomic mass is 10.00. The van der Waals surface area contributed by atoms with Gasteiger partial charge in [0, 0.05) is 23.5 Å². The van der Waals surface area contributed by atoms with Gasteiger partial charge in [-0.25, -0.2) is 8.42 Å². The van der Waals surface area contributed by atoms with Crippen molar-refractivity contribution in [2.75, 3.05) is 10.8 Å². The zero-order chi connectivity index (χ0) is 31.9. The van der Waals surface area contributed by atoms with Crippen molar-refractivity contribution in [1.82, 2.24) is 10.2 Å². The molecule has 0 spiro atoms. The number of carbonyl (C=O) groups is 2. The van der Waals surface area contributed by atoms with Crippen LogP contribution in [0.4, 0.5) is 5.69 Å². The number of halogens is 1. The van der Waals surface area contributed by atoms with E-state index in [0.29, 0.717) is 5.02 Å². The minimum atomic E-state index is -4.17. The molecule has 230 valence electrons. The molecule has 0 saturated heterocycles. The number of nitrogens with one attached hydrogen (secondary N) is 1. The van der Waals surface area contributed by atoms with Gasteiger partial charge in [0.25, 0.3) is 10.0 Å². The summed E-state index contributed by atoms with van der Waals surface area (Å²) in [6, 6.07) is 30.5. The summed E-state index contributed by atoms with van der Waals surface area (Å²) in [4.78, 5) is 30.0. The van der Waals surface area contributed by atoms with Gasteiger partial charge in [-0.1, -0.05) is 84.4 Å². The van der Waals surface area contributed by atoms with Crippen molar-refractivity contribution in [2.24, 2.45) is 0 Å². The first-order valence-electron chi connectivity index (χ1n) is 14.4. The van der Waals surface area contributed by atoms with Crippen LogP contribution in [0, 0.1) is 6.92 Å². The molecule has 1 N–H and O–H groups in total. The van der Waals surface area contributed by atoms with Gasteiger partial charge in [0.15, 0.2) is 0 Å². The van der Waals surface area contributed by atoms with E-state index in [0.717, 1.165) is 21.0 Å². The molecular weight excluding hydrogens is 594 g/mol. The van der Waals surface area contributed by atoms with E-state index in [1.165, 1.54) is 17.0 Å². The average Bonchev–Trinajstić information content (AvgIpc) is 2.99. The van der Waals surface area contributed by atoms with Crippen LogP contribution in [-0.4, -0.2) is 43.3 Å². The molecule has 0 aromatic heterocycles. The molecule has 1 atom stereocenters. The predicted molar refractivity (Wildman–Crippen MR) is 176 cm³/mol. The number of nitrogens with zero attached hydrogens (tertiary/aromatic N) is 2. The summed E-state index contributed by atoms with van der Waals surface area (Å²) >= 11 is 6.13. The Labute approximate surface area is 265 Å². The SMILES string of the molecule is Cc1ccccc1CN(C(=O)CN(c1ccc(Cl)cc1)S(=O)(=O)c1ccccc1)[C@H](Cc1ccccc1)C(=O)NC(C)(C)C. The van der Waals surface area contributed by atoms with Gasteiger partial charge in [-0.3, -0.25) is 13.9 Å². The van der Waals surface area contributed by atoms with Gasteiger partial charge in [0.2, 0.25) is 11.8 Å². The third kappa shape index (κ3) is 8.49. The highest BCUT2D eigenvalue weighted by molar-refractivity contribution is 7.92. The van der Waals surface area contributed by atoms with Crippen LogP contribution in [0.25, 0.3) is 0 Å². The van der Waals surface area contributed by atoms with E-state index >= 15 is 0 Å². The van der Waals surface area contributed by atoms with Crippen molar-refractivity contribution in [3.05, 3.63) is 131 Å². The van der Waals surface area contributed by atoms with Gasteiger partial charge in [0.05, 0.1) is 10.6 Å². The first kappa shape index (κ1) is 32.8. The van der Waals surface area contributed by atoms with Crippen LogP contribution in [0.5, 0.6) is 0 Å². The summed E-state index contributed by atoms with van der Waals surface area (Å²) in [6.45, 7) is 7.17. The van der Waals surface area contributed by atoms with Crippen molar-refractivity contribution in [2.45, 2.75) is 57.1 Å². The second kappa shape index (κ2) is 14.1. The van der Waals surface area contributed by atoms with Crippen LogP contribution in [0.1, 0.15) is 37.5 Å². The number of amides is 2. The highest BCUT2D eigenvalue weighted by atomic mass is 35.5. The van der Waals surface area contributed by atoms with Crippen molar-refractivity contribution in [3.63, 3.8) is 0 Å². The van der Waals surface area contributed by atoms with Gasteiger partial charge in [-0.05, 0) is 80.8 Å². The fourth-order valence-electron chi connectivity index (χ4n) is 4.83. The van der Waals surface area contributed by atoms with E-state index in [1.54, 1.807) is 42.5 Å². The highest BCUT2D eigenvalue weighted by Crippen LogP contribution is 2.26. The van der Waals surface area contributed by atoms with E-state index in [-0.39, 0.29) is 29.5 Å². The summed E-state index contributed by atoms with van der Waals surface area (Å²) in [5, 5.41) is 3.47. The molecule has 0 aliphatic heterocycles. The maximum atomic E-state index is 14.5. The smallest absolute Gasteiger partial charge is 0.264 e. The van der Waals surface area contributed by atoms with Crippen LogP contribution >= 0.6 is 11.6 Å². The summed E-state index contributed by atoms with van der Waals surface area (Å²) in [6.07, 6.45) is 0.243. The largest absolute Gasteiger partial charge is 0.350 e. The quantitative estimate of drug-likeness (QED) is 0.208. The summed E-state index contributed by atoms with van der Waals surface area (Å²) in [5.41, 5.74) is 2.39. The summed E-state index contributed by atoms with van der Waals surface area (Å²) in [7, 11) is -4.17. The monoisotopic (exact) mass is 631 g/mol. The number of hydrogen-bond acceptors (Lipinski definition) is 4. The molecule has 44 heavy (non-hydrogen) atoms. The molecule has 4 aromatic rings. The second-order valence-corrected chi connectivity index (χ2v) is 14.0. The van der Waals surface area contributed by atoms with Crippen molar-refractivity contribution in [3.8, 4) is 0 Å². The fraction of sp³-hybridized carbons (Fsp3) is 0.257. The lowest BCUT2D eigenvalue weighted by molar-refractivity contribution is -0.140. The fourth-order valence-corrected chi connectivity index (χ4v) is 6.39. The molecule has 0 heterocycles. The maximum Gasteiger partial charge on any atom is 0.264 e. The molecule has 0 aliphatic rings. The Morgan fingerprint density at radius 2 is 1.39 bits per heavy atom. The standard InChI is InChI=1S/C35H38ClN3O4S/c1-26-13-11-12-16-28(26)24-38(32(34(41)37-35(2,3)4)23-27-14-7-5-8-15-27)33(40)25-39(30-21-19-29(36)20-22-30)44(42,43)31-17-9-6-10-18-31/h5-22,32H,23-25H2,1-4H3,(H,37,41)/t32-/m1/s1.